The first-order valence-electron chi connectivity index (χ1n) is 5.80. The van der Waals surface area contributed by atoms with Crippen molar-refractivity contribution in [2.24, 2.45) is 4.99 Å². The van der Waals surface area contributed by atoms with Gasteiger partial charge >= 0.3 is 0 Å². The first-order valence-corrected chi connectivity index (χ1v) is 6.56. The molecule has 2 rings (SSSR count). The molecule has 2 aromatic carbocycles. The Morgan fingerprint density at radius 1 is 0.955 bits per heavy atom. The molecule has 0 spiro atoms. The van der Waals surface area contributed by atoms with Crippen molar-refractivity contribution in [2.75, 3.05) is 0 Å². The van der Waals surface area contributed by atoms with Crippen molar-refractivity contribution in [2.45, 2.75) is 0 Å². The summed E-state index contributed by atoms with van der Waals surface area (Å²) in [6.45, 7) is 0. The Morgan fingerprint density at radius 3 is 2.09 bits per heavy atom. The van der Waals surface area contributed by atoms with E-state index in [9.17, 15) is 20.2 Å². The number of nitro groups is 2. The number of aliphatic imine (C=N–C) groups is 1. The van der Waals surface area contributed by atoms with Gasteiger partial charge in [0.1, 0.15) is 5.69 Å². The Bertz CT molecular complexity index is 770. The minimum atomic E-state index is -0.619. The lowest BCUT2D eigenvalue weighted by atomic mass is 10.2. The van der Waals surface area contributed by atoms with E-state index in [-0.39, 0.29) is 27.1 Å². The monoisotopic (exact) mass is 339 g/mol. The van der Waals surface area contributed by atoms with Crippen LogP contribution in [0.15, 0.2) is 41.4 Å². The van der Waals surface area contributed by atoms with Crippen LogP contribution in [0.4, 0.5) is 17.1 Å². The molecule has 0 fully saturated rings. The quantitative estimate of drug-likeness (QED) is 0.463. The minimum absolute atomic E-state index is 0.0147. The molecule has 0 aromatic heterocycles. The molecule has 0 aliphatic rings. The predicted molar refractivity (Wildman–Crippen MR) is 83.5 cm³/mol. The molecule has 0 atom stereocenters. The second kappa shape index (κ2) is 6.50. The number of hydrogen-bond acceptors (Lipinski definition) is 5. The van der Waals surface area contributed by atoms with Gasteiger partial charge in [-0.25, -0.2) is 0 Å². The summed E-state index contributed by atoms with van der Waals surface area (Å²) >= 11 is 11.8. The number of rotatable bonds is 4. The molecule has 9 heteroatoms. The largest absolute Gasteiger partial charge is 0.272 e. The first kappa shape index (κ1) is 15.9. The number of nitro benzene ring substituents is 2. The second-order valence-corrected chi connectivity index (χ2v) is 4.94. The Morgan fingerprint density at radius 2 is 1.55 bits per heavy atom. The standard InChI is InChI=1S/C13H7Cl2N3O4/c14-11-5-10(18(21)22)6-12(15)13(11)16-7-8-2-1-3-9(4-8)17(19)20/h1-7H. The van der Waals surface area contributed by atoms with Gasteiger partial charge in [-0.1, -0.05) is 35.3 Å². The third-order valence-electron chi connectivity index (χ3n) is 2.64. The maximum Gasteiger partial charge on any atom is 0.272 e. The summed E-state index contributed by atoms with van der Waals surface area (Å²) in [5, 5.41) is 21.4. The normalized spacial score (nSPS) is 10.8. The third kappa shape index (κ3) is 3.57. The highest BCUT2D eigenvalue weighted by atomic mass is 35.5. The van der Waals surface area contributed by atoms with Crippen molar-refractivity contribution in [1.29, 1.82) is 0 Å². The Kier molecular flexibility index (Phi) is 4.69. The van der Waals surface area contributed by atoms with Crippen LogP contribution >= 0.6 is 23.2 Å². The van der Waals surface area contributed by atoms with Gasteiger partial charge in [-0.2, -0.15) is 0 Å². The van der Waals surface area contributed by atoms with Gasteiger partial charge in [-0.05, 0) is 5.56 Å². The molecule has 0 heterocycles. The highest BCUT2D eigenvalue weighted by Gasteiger charge is 2.14. The van der Waals surface area contributed by atoms with E-state index in [1.807, 2.05) is 0 Å². The van der Waals surface area contributed by atoms with E-state index in [1.165, 1.54) is 24.4 Å². The number of nitrogens with zero attached hydrogens (tertiary/aromatic N) is 3. The lowest BCUT2D eigenvalue weighted by Crippen LogP contribution is -1.90. The fourth-order valence-electron chi connectivity index (χ4n) is 1.64. The van der Waals surface area contributed by atoms with E-state index in [4.69, 9.17) is 23.2 Å². The van der Waals surface area contributed by atoms with Crippen LogP contribution in [0.5, 0.6) is 0 Å². The van der Waals surface area contributed by atoms with Crippen LogP contribution in [0.2, 0.25) is 10.0 Å². The highest BCUT2D eigenvalue weighted by Crippen LogP contribution is 2.36. The van der Waals surface area contributed by atoms with E-state index >= 15 is 0 Å². The van der Waals surface area contributed by atoms with Crippen LogP contribution in [0.3, 0.4) is 0 Å². The van der Waals surface area contributed by atoms with Gasteiger partial charge in [-0.15, -0.1) is 0 Å². The number of hydrogen-bond donors (Lipinski definition) is 0. The number of halogens is 2. The van der Waals surface area contributed by atoms with E-state index in [1.54, 1.807) is 6.07 Å². The molecule has 0 saturated carbocycles. The highest BCUT2D eigenvalue weighted by molar-refractivity contribution is 6.39. The van der Waals surface area contributed by atoms with E-state index in [2.05, 4.69) is 4.99 Å². The van der Waals surface area contributed by atoms with Gasteiger partial charge in [0.05, 0.1) is 19.9 Å². The fourth-order valence-corrected chi connectivity index (χ4v) is 2.21. The van der Waals surface area contributed by atoms with Crippen molar-refractivity contribution in [3.8, 4) is 0 Å². The fraction of sp³-hybridized carbons (Fsp3) is 0. The van der Waals surface area contributed by atoms with Crippen LogP contribution in [0, 0.1) is 20.2 Å². The van der Waals surface area contributed by atoms with Gasteiger partial charge in [-0.3, -0.25) is 25.2 Å². The van der Waals surface area contributed by atoms with Crippen molar-refractivity contribution in [3.63, 3.8) is 0 Å². The Balaban J connectivity index is 2.36. The smallest absolute Gasteiger partial charge is 0.258 e. The van der Waals surface area contributed by atoms with Crippen molar-refractivity contribution in [1.82, 2.24) is 0 Å². The van der Waals surface area contributed by atoms with Crippen molar-refractivity contribution >= 4 is 46.5 Å². The summed E-state index contributed by atoms with van der Waals surface area (Å²) < 4.78 is 0. The van der Waals surface area contributed by atoms with E-state index in [0.717, 1.165) is 12.1 Å². The van der Waals surface area contributed by atoms with Crippen LogP contribution < -0.4 is 0 Å². The van der Waals surface area contributed by atoms with Gasteiger partial charge in [0.15, 0.2) is 0 Å². The second-order valence-electron chi connectivity index (χ2n) is 4.13. The maximum absolute atomic E-state index is 10.7. The van der Waals surface area contributed by atoms with Gasteiger partial charge in [0.2, 0.25) is 0 Å². The zero-order valence-electron chi connectivity index (χ0n) is 10.8. The lowest BCUT2D eigenvalue weighted by molar-refractivity contribution is -0.385. The zero-order chi connectivity index (χ0) is 16.3. The molecular weight excluding hydrogens is 333 g/mol. The Hall–Kier alpha value is -2.51. The van der Waals surface area contributed by atoms with E-state index in [0.29, 0.717) is 5.56 Å². The predicted octanol–water partition coefficient (Wildman–Crippen LogP) is 4.56. The minimum Gasteiger partial charge on any atom is -0.258 e. The van der Waals surface area contributed by atoms with Crippen LogP contribution in [-0.2, 0) is 0 Å². The summed E-state index contributed by atoms with van der Waals surface area (Å²) in [4.78, 5) is 24.3. The maximum atomic E-state index is 10.7. The summed E-state index contributed by atoms with van der Waals surface area (Å²) in [7, 11) is 0. The molecule has 0 radical (unpaired) electrons. The number of non-ortho nitro benzene ring substituents is 2. The van der Waals surface area contributed by atoms with Crippen LogP contribution in [0.25, 0.3) is 0 Å². The topological polar surface area (TPSA) is 98.6 Å². The molecule has 0 N–H and O–H groups in total. The molecule has 0 aliphatic carbocycles. The molecule has 0 aliphatic heterocycles. The van der Waals surface area contributed by atoms with E-state index < -0.39 is 9.85 Å². The first-order chi connectivity index (χ1) is 10.4. The van der Waals surface area contributed by atoms with Crippen molar-refractivity contribution in [3.05, 3.63) is 72.2 Å². The molecule has 0 bridgehead atoms. The Labute approximate surface area is 134 Å². The van der Waals surface area contributed by atoms with Crippen molar-refractivity contribution < 1.29 is 9.85 Å². The summed E-state index contributed by atoms with van der Waals surface area (Å²) in [6, 6.07) is 8.07. The van der Waals surface area contributed by atoms with Gasteiger partial charge in [0.25, 0.3) is 11.4 Å². The number of benzene rings is 2. The SMILES string of the molecule is O=[N+]([O-])c1cccc(C=Nc2c(Cl)cc([N+](=O)[O-])cc2Cl)c1. The molecule has 2 aromatic rings. The van der Waals surface area contributed by atoms with Crippen LogP contribution in [-0.4, -0.2) is 16.1 Å². The van der Waals surface area contributed by atoms with Gasteiger partial charge < -0.3 is 0 Å². The summed E-state index contributed by atoms with van der Waals surface area (Å²) in [5.74, 6) is 0. The summed E-state index contributed by atoms with van der Waals surface area (Å²) in [6.07, 6.45) is 1.34. The molecule has 0 saturated heterocycles. The molecule has 7 nitrogen and oxygen atoms in total. The van der Waals surface area contributed by atoms with Crippen LogP contribution in [0.1, 0.15) is 5.56 Å². The molecular formula is C13H7Cl2N3O4. The zero-order valence-corrected chi connectivity index (χ0v) is 12.3. The summed E-state index contributed by atoms with van der Waals surface area (Å²) in [5.41, 5.74) is 0.300. The molecule has 112 valence electrons. The van der Waals surface area contributed by atoms with Gasteiger partial charge in [0, 0.05) is 30.5 Å². The average Bonchev–Trinajstić information content (AvgIpc) is 2.46. The lowest BCUT2D eigenvalue weighted by Gasteiger charge is -2.01. The molecule has 0 amide bonds. The molecule has 22 heavy (non-hydrogen) atoms. The molecule has 0 unspecified atom stereocenters. The average molecular weight is 340 g/mol. The third-order valence-corrected chi connectivity index (χ3v) is 3.21.